The predicted molar refractivity (Wildman–Crippen MR) is 112 cm³/mol. The van der Waals surface area contributed by atoms with E-state index < -0.39 is 30.6 Å². The zero-order chi connectivity index (χ0) is 21.6. The second-order valence-electron chi connectivity index (χ2n) is 10.0. The minimum absolute atomic E-state index is 0.0718. The fourth-order valence-corrected chi connectivity index (χ4v) is 3.65. The molecule has 2 saturated heterocycles. The first kappa shape index (κ1) is 22.1. The van der Waals surface area contributed by atoms with E-state index in [0.717, 1.165) is 12.0 Å². The molecule has 0 amide bonds. The first-order valence-electron chi connectivity index (χ1n) is 10.3. The Bertz CT molecular complexity index is 784. The maximum atomic E-state index is 14.8. The first-order valence-corrected chi connectivity index (χ1v) is 10.3. The van der Waals surface area contributed by atoms with Crippen LogP contribution < -0.4 is 10.2 Å². The van der Waals surface area contributed by atoms with Crippen LogP contribution in [-0.4, -0.2) is 54.1 Å². The molecule has 0 aliphatic carbocycles. The zero-order valence-electron chi connectivity index (χ0n) is 18.6. The Morgan fingerprint density at radius 1 is 1.21 bits per heavy atom. The monoisotopic (exact) mass is 402 g/mol. The van der Waals surface area contributed by atoms with Gasteiger partial charge in [0.2, 0.25) is 0 Å². The standard InChI is InChI=1S/C22H32BFN2O3/c1-20(2,3)26-11-10-19(17(24)14-26)27-18-9-8-16(12-15(18)13-25)23-28-21(4,5)22(6,7)29-23/h8-9,12,17,19H,10-11,14H2,1-7H3. The SMILES string of the molecule is CC(C)(C)N1CCC(Oc2ccc(B3OC(C)(C)C(C)(C)O3)cc2C#N)C(F)C1. The molecule has 5 nitrogen and oxygen atoms in total. The van der Waals surface area contributed by atoms with E-state index in [1.165, 1.54) is 0 Å². The lowest BCUT2D eigenvalue weighted by molar-refractivity contribution is -0.0116. The van der Waals surface area contributed by atoms with Crippen molar-refractivity contribution >= 4 is 12.6 Å². The van der Waals surface area contributed by atoms with E-state index in [2.05, 4.69) is 31.7 Å². The summed E-state index contributed by atoms with van der Waals surface area (Å²) in [4.78, 5) is 2.13. The van der Waals surface area contributed by atoms with E-state index in [1.807, 2.05) is 33.8 Å². The summed E-state index contributed by atoms with van der Waals surface area (Å²) in [6.07, 6.45) is -1.07. The number of nitrogens with zero attached hydrogens (tertiary/aromatic N) is 2. The van der Waals surface area contributed by atoms with Crippen LogP contribution in [0.1, 0.15) is 60.5 Å². The van der Waals surface area contributed by atoms with Crippen LogP contribution in [-0.2, 0) is 9.31 Å². The number of likely N-dealkylation sites (tertiary alicyclic amines) is 1. The molecular formula is C22H32BFN2O3. The number of nitriles is 1. The van der Waals surface area contributed by atoms with Gasteiger partial charge in [-0.1, -0.05) is 6.07 Å². The van der Waals surface area contributed by atoms with Crippen LogP contribution in [0.25, 0.3) is 0 Å². The molecule has 2 aliphatic heterocycles. The Hall–Kier alpha value is -1.62. The Morgan fingerprint density at radius 2 is 1.83 bits per heavy atom. The normalized spacial score (nSPS) is 26.9. The minimum atomic E-state index is -1.10. The molecule has 0 bridgehead atoms. The fourth-order valence-electron chi connectivity index (χ4n) is 3.65. The molecule has 0 N–H and O–H groups in total. The molecule has 158 valence electrons. The lowest BCUT2D eigenvalue weighted by atomic mass is 9.78. The van der Waals surface area contributed by atoms with Crippen LogP contribution in [0.15, 0.2) is 18.2 Å². The van der Waals surface area contributed by atoms with Crippen molar-refractivity contribution in [3.8, 4) is 11.8 Å². The Labute approximate surface area is 174 Å². The van der Waals surface area contributed by atoms with E-state index in [0.29, 0.717) is 24.3 Å². The van der Waals surface area contributed by atoms with Gasteiger partial charge in [-0.2, -0.15) is 5.26 Å². The van der Waals surface area contributed by atoms with Gasteiger partial charge in [-0.3, -0.25) is 4.90 Å². The number of rotatable bonds is 3. The zero-order valence-corrected chi connectivity index (χ0v) is 18.6. The van der Waals surface area contributed by atoms with Crippen molar-refractivity contribution in [3.63, 3.8) is 0 Å². The third-order valence-corrected chi connectivity index (χ3v) is 6.36. The second-order valence-corrected chi connectivity index (χ2v) is 10.0. The number of halogens is 1. The van der Waals surface area contributed by atoms with Crippen LogP contribution in [0.2, 0.25) is 0 Å². The molecule has 2 unspecified atom stereocenters. The quantitative estimate of drug-likeness (QED) is 0.725. The van der Waals surface area contributed by atoms with E-state index in [1.54, 1.807) is 12.1 Å². The average Bonchev–Trinajstić information content (AvgIpc) is 2.83. The second kappa shape index (κ2) is 7.57. The highest BCUT2D eigenvalue weighted by atomic mass is 19.1. The van der Waals surface area contributed by atoms with Gasteiger partial charge in [0.25, 0.3) is 0 Å². The summed E-state index contributed by atoms with van der Waals surface area (Å²) in [6.45, 7) is 15.3. The van der Waals surface area contributed by atoms with Gasteiger partial charge < -0.3 is 14.0 Å². The Balaban J connectivity index is 1.73. The highest BCUT2D eigenvalue weighted by molar-refractivity contribution is 6.62. The summed E-state index contributed by atoms with van der Waals surface area (Å²) in [5, 5.41) is 9.62. The number of benzene rings is 1. The molecule has 0 aromatic heterocycles. The summed E-state index contributed by atoms with van der Waals surface area (Å²) in [7, 11) is -0.551. The minimum Gasteiger partial charge on any atom is -0.486 e. The van der Waals surface area contributed by atoms with Gasteiger partial charge in [0.15, 0.2) is 0 Å². The maximum absolute atomic E-state index is 14.8. The van der Waals surface area contributed by atoms with Crippen molar-refractivity contribution in [2.75, 3.05) is 13.1 Å². The maximum Gasteiger partial charge on any atom is 0.494 e. The van der Waals surface area contributed by atoms with E-state index in [-0.39, 0.29) is 5.54 Å². The Kier molecular flexibility index (Phi) is 5.77. The van der Waals surface area contributed by atoms with Gasteiger partial charge in [-0.05, 0) is 72.5 Å². The van der Waals surface area contributed by atoms with Crippen LogP contribution in [0.3, 0.4) is 0 Å². The number of hydrogen-bond acceptors (Lipinski definition) is 5. The molecule has 7 heteroatoms. The molecule has 29 heavy (non-hydrogen) atoms. The molecule has 2 fully saturated rings. The van der Waals surface area contributed by atoms with Gasteiger partial charge in [0, 0.05) is 18.6 Å². The molecule has 1 aromatic carbocycles. The molecule has 0 radical (unpaired) electrons. The molecule has 1 aromatic rings. The largest absolute Gasteiger partial charge is 0.494 e. The van der Waals surface area contributed by atoms with Crippen molar-refractivity contribution in [3.05, 3.63) is 23.8 Å². The average molecular weight is 402 g/mol. The highest BCUT2D eigenvalue weighted by Gasteiger charge is 2.51. The number of ether oxygens (including phenoxy) is 1. The van der Waals surface area contributed by atoms with Crippen molar-refractivity contribution < 1.29 is 18.4 Å². The van der Waals surface area contributed by atoms with Crippen LogP contribution in [0.5, 0.6) is 5.75 Å². The lowest BCUT2D eigenvalue weighted by Crippen LogP contribution is -2.53. The van der Waals surface area contributed by atoms with Crippen molar-refractivity contribution in [2.24, 2.45) is 0 Å². The van der Waals surface area contributed by atoms with Crippen LogP contribution in [0.4, 0.5) is 4.39 Å². The van der Waals surface area contributed by atoms with E-state index in [9.17, 15) is 9.65 Å². The molecule has 0 spiro atoms. The summed E-state index contributed by atoms with van der Waals surface area (Å²) in [5.41, 5.74) is 0.136. The smallest absolute Gasteiger partial charge is 0.486 e. The van der Waals surface area contributed by atoms with E-state index in [4.69, 9.17) is 14.0 Å². The topological polar surface area (TPSA) is 54.7 Å². The van der Waals surface area contributed by atoms with Gasteiger partial charge >= 0.3 is 7.12 Å². The molecule has 0 saturated carbocycles. The number of piperidine rings is 1. The third-order valence-electron chi connectivity index (χ3n) is 6.36. The highest BCUT2D eigenvalue weighted by Crippen LogP contribution is 2.37. The summed E-state index contributed by atoms with van der Waals surface area (Å²) in [5.74, 6) is 0.407. The Morgan fingerprint density at radius 3 is 2.34 bits per heavy atom. The van der Waals surface area contributed by atoms with Crippen LogP contribution in [0, 0.1) is 11.3 Å². The molecular weight excluding hydrogens is 370 g/mol. The predicted octanol–water partition coefficient (Wildman–Crippen LogP) is 3.45. The number of hydrogen-bond donors (Lipinski definition) is 0. The van der Waals surface area contributed by atoms with Gasteiger partial charge in [0.05, 0.1) is 16.8 Å². The summed E-state index contributed by atoms with van der Waals surface area (Å²) >= 11 is 0. The molecule has 2 atom stereocenters. The fraction of sp³-hybridized carbons (Fsp3) is 0.682. The number of alkyl halides is 1. The van der Waals surface area contributed by atoms with E-state index >= 15 is 0 Å². The van der Waals surface area contributed by atoms with Crippen molar-refractivity contribution in [2.45, 2.75) is 83.9 Å². The van der Waals surface area contributed by atoms with Gasteiger partial charge in [-0.25, -0.2) is 4.39 Å². The first-order chi connectivity index (χ1) is 13.3. The van der Waals surface area contributed by atoms with Crippen molar-refractivity contribution in [1.82, 2.24) is 4.90 Å². The van der Waals surface area contributed by atoms with Gasteiger partial charge in [0.1, 0.15) is 24.1 Å². The molecule has 2 heterocycles. The summed E-state index contributed by atoms with van der Waals surface area (Å²) in [6, 6.07) is 7.44. The van der Waals surface area contributed by atoms with Gasteiger partial charge in [-0.15, -0.1) is 0 Å². The molecule has 2 aliphatic rings. The van der Waals surface area contributed by atoms with Crippen molar-refractivity contribution in [1.29, 1.82) is 5.26 Å². The third kappa shape index (κ3) is 4.45. The summed E-state index contributed by atoms with van der Waals surface area (Å²) < 4.78 is 32.8. The lowest BCUT2D eigenvalue weighted by Gasteiger charge is -2.42. The molecule has 3 rings (SSSR count). The van der Waals surface area contributed by atoms with Crippen LogP contribution >= 0.6 is 0 Å².